The first kappa shape index (κ1) is 12.0. The standard InChI is InChI=1S/C12H13NO3/c1-2-11(14)16-8-10(12(13)15)9-6-4-3-5-7-9/h2-7,10H,1,8H2,(H2,13,15). The lowest BCUT2D eigenvalue weighted by Gasteiger charge is -2.13. The number of carbonyl (C=O) groups excluding carboxylic acids is 2. The van der Waals surface area contributed by atoms with Crippen LogP contribution in [0.2, 0.25) is 0 Å². The van der Waals surface area contributed by atoms with Crippen LogP contribution < -0.4 is 5.73 Å². The number of carbonyl (C=O) groups is 2. The van der Waals surface area contributed by atoms with Gasteiger partial charge in [-0.05, 0) is 5.56 Å². The van der Waals surface area contributed by atoms with Crippen LogP contribution in [0.5, 0.6) is 0 Å². The van der Waals surface area contributed by atoms with E-state index in [-0.39, 0.29) is 6.61 Å². The summed E-state index contributed by atoms with van der Waals surface area (Å²) in [5.41, 5.74) is 5.97. The summed E-state index contributed by atoms with van der Waals surface area (Å²) >= 11 is 0. The first-order chi connectivity index (χ1) is 7.65. The first-order valence-electron chi connectivity index (χ1n) is 4.78. The molecule has 0 bridgehead atoms. The van der Waals surface area contributed by atoms with Gasteiger partial charge in [0.15, 0.2) is 0 Å². The largest absolute Gasteiger partial charge is 0.461 e. The third-order valence-electron chi connectivity index (χ3n) is 2.10. The molecule has 0 spiro atoms. The van der Waals surface area contributed by atoms with E-state index in [1.54, 1.807) is 24.3 Å². The maximum absolute atomic E-state index is 11.2. The molecule has 1 aromatic rings. The molecule has 84 valence electrons. The summed E-state index contributed by atoms with van der Waals surface area (Å²) in [6.45, 7) is 3.20. The van der Waals surface area contributed by atoms with Gasteiger partial charge in [0.05, 0.1) is 5.92 Å². The number of hydrogen-bond donors (Lipinski definition) is 1. The van der Waals surface area contributed by atoms with E-state index >= 15 is 0 Å². The van der Waals surface area contributed by atoms with Crippen molar-refractivity contribution in [2.75, 3.05) is 6.61 Å². The molecule has 0 fully saturated rings. The van der Waals surface area contributed by atoms with Crippen molar-refractivity contribution in [3.63, 3.8) is 0 Å². The summed E-state index contributed by atoms with van der Waals surface area (Å²) in [4.78, 5) is 22.1. The SMILES string of the molecule is C=CC(=O)OCC(C(N)=O)c1ccccc1. The normalized spacial score (nSPS) is 11.5. The predicted molar refractivity (Wildman–Crippen MR) is 59.5 cm³/mol. The minimum Gasteiger partial charge on any atom is -0.461 e. The summed E-state index contributed by atoms with van der Waals surface area (Å²) < 4.78 is 4.81. The number of hydrogen-bond acceptors (Lipinski definition) is 3. The number of amides is 1. The van der Waals surface area contributed by atoms with Gasteiger partial charge in [-0.25, -0.2) is 4.79 Å². The second-order valence-corrected chi connectivity index (χ2v) is 3.20. The van der Waals surface area contributed by atoms with Gasteiger partial charge >= 0.3 is 5.97 Å². The molecule has 1 rings (SSSR count). The Kier molecular flexibility index (Phi) is 4.27. The lowest BCUT2D eigenvalue weighted by atomic mass is 10.00. The molecule has 0 saturated carbocycles. The number of ether oxygens (including phenoxy) is 1. The Balaban J connectivity index is 2.73. The van der Waals surface area contributed by atoms with Gasteiger partial charge in [0, 0.05) is 6.08 Å². The predicted octanol–water partition coefficient (Wildman–Crippen LogP) is 0.985. The fourth-order valence-electron chi connectivity index (χ4n) is 1.25. The summed E-state index contributed by atoms with van der Waals surface area (Å²) in [5, 5.41) is 0. The molecule has 1 aromatic carbocycles. The fraction of sp³-hybridized carbons (Fsp3) is 0.167. The highest BCUT2D eigenvalue weighted by molar-refractivity contribution is 5.84. The molecule has 4 heteroatoms. The zero-order chi connectivity index (χ0) is 12.0. The van der Waals surface area contributed by atoms with E-state index in [0.29, 0.717) is 0 Å². The van der Waals surface area contributed by atoms with Crippen molar-refractivity contribution in [3.05, 3.63) is 48.6 Å². The molecule has 2 N–H and O–H groups in total. The van der Waals surface area contributed by atoms with Crippen LogP contribution in [0.25, 0.3) is 0 Å². The fourth-order valence-corrected chi connectivity index (χ4v) is 1.25. The number of primary amides is 1. The van der Waals surface area contributed by atoms with Crippen molar-refractivity contribution < 1.29 is 14.3 Å². The molecule has 1 atom stereocenters. The van der Waals surface area contributed by atoms with Gasteiger partial charge in [-0.3, -0.25) is 4.79 Å². The van der Waals surface area contributed by atoms with Crippen LogP contribution in [-0.4, -0.2) is 18.5 Å². The minimum absolute atomic E-state index is 0.0653. The molecule has 1 unspecified atom stereocenters. The average molecular weight is 219 g/mol. The summed E-state index contributed by atoms with van der Waals surface area (Å²) in [7, 11) is 0. The van der Waals surface area contributed by atoms with Gasteiger partial charge in [0.1, 0.15) is 6.61 Å². The van der Waals surface area contributed by atoms with Gasteiger partial charge in [-0.2, -0.15) is 0 Å². The molecule has 16 heavy (non-hydrogen) atoms. The van der Waals surface area contributed by atoms with E-state index in [1.165, 1.54) is 0 Å². The van der Waals surface area contributed by atoms with Crippen LogP contribution in [0.3, 0.4) is 0 Å². The molecule has 0 heterocycles. The number of rotatable bonds is 5. The first-order valence-corrected chi connectivity index (χ1v) is 4.78. The van der Waals surface area contributed by atoms with Gasteiger partial charge in [-0.1, -0.05) is 36.9 Å². The second-order valence-electron chi connectivity index (χ2n) is 3.20. The third kappa shape index (κ3) is 3.24. The van der Waals surface area contributed by atoms with Gasteiger partial charge < -0.3 is 10.5 Å². The molecular formula is C12H13NO3. The van der Waals surface area contributed by atoms with E-state index in [9.17, 15) is 9.59 Å². The Labute approximate surface area is 93.7 Å². The van der Waals surface area contributed by atoms with Crippen molar-refractivity contribution in [1.29, 1.82) is 0 Å². The zero-order valence-electron chi connectivity index (χ0n) is 8.76. The maximum Gasteiger partial charge on any atom is 0.330 e. The molecule has 0 aliphatic carbocycles. The van der Waals surface area contributed by atoms with Crippen molar-refractivity contribution in [2.45, 2.75) is 5.92 Å². The Morgan fingerprint density at radius 1 is 1.38 bits per heavy atom. The lowest BCUT2D eigenvalue weighted by molar-refractivity contribution is -0.139. The number of nitrogens with two attached hydrogens (primary N) is 1. The lowest BCUT2D eigenvalue weighted by Crippen LogP contribution is -2.26. The molecule has 0 aliphatic rings. The van der Waals surface area contributed by atoms with E-state index in [4.69, 9.17) is 10.5 Å². The monoisotopic (exact) mass is 219 g/mol. The Morgan fingerprint density at radius 2 is 2.00 bits per heavy atom. The molecule has 0 radical (unpaired) electrons. The van der Waals surface area contributed by atoms with Gasteiger partial charge in [-0.15, -0.1) is 0 Å². The quantitative estimate of drug-likeness (QED) is 0.593. The van der Waals surface area contributed by atoms with Crippen LogP contribution in [0.1, 0.15) is 11.5 Å². The molecule has 1 amide bonds. The van der Waals surface area contributed by atoms with Crippen molar-refractivity contribution in [3.8, 4) is 0 Å². The highest BCUT2D eigenvalue weighted by Crippen LogP contribution is 2.15. The van der Waals surface area contributed by atoms with Crippen LogP contribution in [0.15, 0.2) is 43.0 Å². The second kappa shape index (κ2) is 5.70. The van der Waals surface area contributed by atoms with E-state index in [2.05, 4.69) is 6.58 Å². The Hall–Kier alpha value is -2.10. The van der Waals surface area contributed by atoms with Crippen molar-refractivity contribution in [2.24, 2.45) is 5.73 Å². The smallest absolute Gasteiger partial charge is 0.330 e. The highest BCUT2D eigenvalue weighted by Gasteiger charge is 2.18. The van der Waals surface area contributed by atoms with Crippen LogP contribution in [0, 0.1) is 0 Å². The maximum atomic E-state index is 11.2. The summed E-state index contributed by atoms with van der Waals surface area (Å²) in [6.07, 6.45) is 1.04. The topological polar surface area (TPSA) is 69.4 Å². The number of esters is 1. The van der Waals surface area contributed by atoms with Crippen LogP contribution in [0.4, 0.5) is 0 Å². The summed E-state index contributed by atoms with van der Waals surface area (Å²) in [5.74, 6) is -1.71. The third-order valence-corrected chi connectivity index (χ3v) is 2.10. The van der Waals surface area contributed by atoms with Crippen LogP contribution in [-0.2, 0) is 14.3 Å². The molecule has 0 aliphatic heterocycles. The van der Waals surface area contributed by atoms with E-state index in [1.807, 2.05) is 6.07 Å². The Bertz CT molecular complexity index is 387. The molecule has 0 saturated heterocycles. The van der Waals surface area contributed by atoms with Gasteiger partial charge in [0.25, 0.3) is 0 Å². The average Bonchev–Trinajstić information content (AvgIpc) is 2.30. The van der Waals surface area contributed by atoms with E-state index < -0.39 is 17.8 Å². The highest BCUT2D eigenvalue weighted by atomic mass is 16.5. The van der Waals surface area contributed by atoms with Gasteiger partial charge in [0.2, 0.25) is 5.91 Å². The number of benzene rings is 1. The molecule has 0 aromatic heterocycles. The zero-order valence-corrected chi connectivity index (χ0v) is 8.76. The van der Waals surface area contributed by atoms with E-state index in [0.717, 1.165) is 11.6 Å². The molecular weight excluding hydrogens is 206 g/mol. The van der Waals surface area contributed by atoms with Crippen molar-refractivity contribution >= 4 is 11.9 Å². The molecule has 4 nitrogen and oxygen atoms in total. The summed E-state index contributed by atoms with van der Waals surface area (Å²) in [6, 6.07) is 8.94. The Morgan fingerprint density at radius 3 is 2.50 bits per heavy atom. The van der Waals surface area contributed by atoms with Crippen LogP contribution >= 0.6 is 0 Å². The minimum atomic E-state index is -0.620. The van der Waals surface area contributed by atoms with Crippen molar-refractivity contribution in [1.82, 2.24) is 0 Å².